The summed E-state index contributed by atoms with van der Waals surface area (Å²) in [6.45, 7) is 0.179. The highest BCUT2D eigenvalue weighted by Crippen LogP contribution is 2.33. The van der Waals surface area contributed by atoms with Gasteiger partial charge in [0.05, 0.1) is 16.3 Å². The summed E-state index contributed by atoms with van der Waals surface area (Å²) in [7, 11) is 3.28. The summed E-state index contributed by atoms with van der Waals surface area (Å²) in [6, 6.07) is 2.24. The SMILES string of the molecule is CN(C)C(=O)CCCN1C(=O)C(=O)c2cc(Cl)c(F)cc21. The first kappa shape index (κ1) is 15.4. The molecule has 1 aromatic carbocycles. The molecule has 21 heavy (non-hydrogen) atoms. The molecule has 0 atom stereocenters. The average molecular weight is 313 g/mol. The number of hydrogen-bond acceptors (Lipinski definition) is 3. The number of halogens is 2. The second-order valence-corrected chi connectivity index (χ2v) is 5.37. The molecule has 1 aliphatic rings. The molecule has 1 aromatic rings. The molecule has 1 aliphatic heterocycles. The summed E-state index contributed by atoms with van der Waals surface area (Å²) in [4.78, 5) is 37.9. The Hall–Kier alpha value is -1.95. The molecule has 112 valence electrons. The van der Waals surface area contributed by atoms with Crippen molar-refractivity contribution in [3.05, 3.63) is 28.5 Å². The Kier molecular flexibility index (Phi) is 4.27. The normalized spacial score (nSPS) is 13.6. The van der Waals surface area contributed by atoms with E-state index in [2.05, 4.69) is 0 Å². The van der Waals surface area contributed by atoms with E-state index in [0.29, 0.717) is 6.42 Å². The van der Waals surface area contributed by atoms with Gasteiger partial charge in [0, 0.05) is 27.1 Å². The van der Waals surface area contributed by atoms with Crippen LogP contribution in [0.2, 0.25) is 5.02 Å². The molecule has 0 radical (unpaired) electrons. The van der Waals surface area contributed by atoms with E-state index in [4.69, 9.17) is 11.6 Å². The monoisotopic (exact) mass is 312 g/mol. The molecule has 0 bridgehead atoms. The van der Waals surface area contributed by atoms with E-state index >= 15 is 0 Å². The number of fused-ring (bicyclic) bond motifs is 1. The maximum Gasteiger partial charge on any atom is 0.299 e. The summed E-state index contributed by atoms with van der Waals surface area (Å²) < 4.78 is 13.5. The molecule has 0 fully saturated rings. The summed E-state index contributed by atoms with van der Waals surface area (Å²) >= 11 is 5.63. The third kappa shape index (κ3) is 2.90. The molecule has 0 saturated carbocycles. The molecule has 1 heterocycles. The summed E-state index contributed by atoms with van der Waals surface area (Å²) in [6.07, 6.45) is 0.635. The highest BCUT2D eigenvalue weighted by molar-refractivity contribution is 6.52. The molecule has 0 aliphatic carbocycles. The molecule has 0 spiro atoms. The van der Waals surface area contributed by atoms with Gasteiger partial charge in [0.2, 0.25) is 5.91 Å². The summed E-state index contributed by atoms with van der Waals surface area (Å²) in [5.74, 6) is -2.18. The van der Waals surface area contributed by atoms with Crippen LogP contribution in [-0.4, -0.2) is 43.1 Å². The van der Waals surface area contributed by atoms with Crippen molar-refractivity contribution in [1.82, 2.24) is 4.90 Å². The number of Topliss-reactive ketones (excluding diaryl/α,β-unsaturated/α-hetero) is 1. The third-order valence-electron chi connectivity index (χ3n) is 3.28. The fourth-order valence-electron chi connectivity index (χ4n) is 2.12. The van der Waals surface area contributed by atoms with Crippen molar-refractivity contribution in [2.45, 2.75) is 12.8 Å². The lowest BCUT2D eigenvalue weighted by atomic mass is 10.1. The van der Waals surface area contributed by atoms with Gasteiger partial charge in [-0.3, -0.25) is 14.4 Å². The highest BCUT2D eigenvalue weighted by atomic mass is 35.5. The average Bonchev–Trinajstić information content (AvgIpc) is 2.64. The zero-order valence-electron chi connectivity index (χ0n) is 11.7. The number of hydrogen-bond donors (Lipinski definition) is 0. The predicted octanol–water partition coefficient (Wildman–Crippen LogP) is 1.88. The molecule has 0 aromatic heterocycles. The van der Waals surface area contributed by atoms with Crippen LogP contribution in [0, 0.1) is 5.82 Å². The van der Waals surface area contributed by atoms with Gasteiger partial charge in [0.15, 0.2) is 0 Å². The van der Waals surface area contributed by atoms with E-state index in [1.54, 1.807) is 14.1 Å². The predicted molar refractivity (Wildman–Crippen MR) is 76.0 cm³/mol. The van der Waals surface area contributed by atoms with E-state index in [1.165, 1.54) is 9.80 Å². The quantitative estimate of drug-likeness (QED) is 0.798. The van der Waals surface area contributed by atoms with E-state index in [1.807, 2.05) is 0 Å². The standard InChI is InChI=1S/C14H14ClFN2O3/c1-17(2)12(19)4-3-5-18-11-7-10(16)9(15)6-8(11)13(20)14(18)21/h6-7H,3-5H2,1-2H3. The number of carbonyl (C=O) groups excluding carboxylic acids is 3. The van der Waals surface area contributed by atoms with Crippen LogP contribution >= 0.6 is 11.6 Å². The molecule has 7 heteroatoms. The summed E-state index contributed by atoms with van der Waals surface area (Å²) in [5, 5.41) is -0.195. The minimum atomic E-state index is -0.719. The molecule has 2 amide bonds. The highest BCUT2D eigenvalue weighted by Gasteiger charge is 2.36. The molecule has 0 N–H and O–H groups in total. The fraction of sp³-hybridized carbons (Fsp3) is 0.357. The minimum absolute atomic E-state index is 0.0736. The van der Waals surface area contributed by atoms with Crippen molar-refractivity contribution in [1.29, 1.82) is 0 Å². The van der Waals surface area contributed by atoms with Crippen LogP contribution in [0.1, 0.15) is 23.2 Å². The van der Waals surface area contributed by atoms with Gasteiger partial charge in [-0.25, -0.2) is 4.39 Å². The van der Waals surface area contributed by atoms with Gasteiger partial charge in [-0.15, -0.1) is 0 Å². The van der Waals surface area contributed by atoms with Crippen LogP contribution in [0.3, 0.4) is 0 Å². The van der Waals surface area contributed by atoms with Crippen molar-refractivity contribution in [2.75, 3.05) is 25.5 Å². The largest absolute Gasteiger partial charge is 0.349 e. The van der Waals surface area contributed by atoms with E-state index in [9.17, 15) is 18.8 Å². The first-order chi connectivity index (χ1) is 9.82. The van der Waals surface area contributed by atoms with Gasteiger partial charge in [-0.05, 0) is 18.6 Å². The Balaban J connectivity index is 2.16. The number of nitrogens with zero attached hydrogens (tertiary/aromatic N) is 2. The number of anilines is 1. The van der Waals surface area contributed by atoms with Crippen molar-refractivity contribution in [3.8, 4) is 0 Å². The second kappa shape index (κ2) is 5.81. The molecular formula is C14H14ClFN2O3. The van der Waals surface area contributed by atoms with E-state index < -0.39 is 17.5 Å². The number of amides is 2. The third-order valence-corrected chi connectivity index (χ3v) is 3.57. The molecule has 0 saturated heterocycles. The Morgan fingerprint density at radius 1 is 1.33 bits per heavy atom. The van der Waals surface area contributed by atoms with Gasteiger partial charge in [-0.2, -0.15) is 0 Å². The zero-order chi connectivity index (χ0) is 15.7. The van der Waals surface area contributed by atoms with Crippen molar-refractivity contribution in [3.63, 3.8) is 0 Å². The number of benzene rings is 1. The van der Waals surface area contributed by atoms with Gasteiger partial charge in [0.25, 0.3) is 11.7 Å². The molecule has 2 rings (SSSR count). The Morgan fingerprint density at radius 3 is 2.62 bits per heavy atom. The van der Waals surface area contributed by atoms with Crippen molar-refractivity contribution in [2.24, 2.45) is 0 Å². The Morgan fingerprint density at radius 2 is 2.00 bits per heavy atom. The van der Waals surface area contributed by atoms with E-state index in [0.717, 1.165) is 12.1 Å². The zero-order valence-corrected chi connectivity index (χ0v) is 12.4. The summed E-state index contributed by atoms with van der Waals surface area (Å²) in [5.41, 5.74) is 0.314. The Bertz CT molecular complexity index is 631. The van der Waals surface area contributed by atoms with Gasteiger partial charge in [0.1, 0.15) is 5.82 Å². The lowest BCUT2D eigenvalue weighted by Crippen LogP contribution is -2.31. The maximum atomic E-state index is 13.5. The minimum Gasteiger partial charge on any atom is -0.349 e. The first-order valence-corrected chi connectivity index (χ1v) is 6.76. The van der Waals surface area contributed by atoms with Crippen molar-refractivity contribution < 1.29 is 18.8 Å². The number of rotatable bonds is 4. The van der Waals surface area contributed by atoms with Gasteiger partial charge >= 0.3 is 0 Å². The van der Waals surface area contributed by atoms with Crippen LogP contribution in [0.25, 0.3) is 0 Å². The second-order valence-electron chi connectivity index (χ2n) is 4.96. The van der Waals surface area contributed by atoms with Crippen LogP contribution in [-0.2, 0) is 9.59 Å². The van der Waals surface area contributed by atoms with Crippen LogP contribution < -0.4 is 4.90 Å². The lowest BCUT2D eigenvalue weighted by Gasteiger charge is -2.17. The lowest BCUT2D eigenvalue weighted by molar-refractivity contribution is -0.128. The van der Waals surface area contributed by atoms with Gasteiger partial charge in [-0.1, -0.05) is 11.6 Å². The maximum absolute atomic E-state index is 13.5. The van der Waals surface area contributed by atoms with Crippen LogP contribution in [0.15, 0.2) is 12.1 Å². The number of ketones is 1. The van der Waals surface area contributed by atoms with Gasteiger partial charge < -0.3 is 9.80 Å². The fourth-order valence-corrected chi connectivity index (χ4v) is 2.29. The number of carbonyl (C=O) groups is 3. The topological polar surface area (TPSA) is 57.7 Å². The molecular weight excluding hydrogens is 299 g/mol. The van der Waals surface area contributed by atoms with Crippen LogP contribution in [0.5, 0.6) is 0 Å². The van der Waals surface area contributed by atoms with Crippen molar-refractivity contribution >= 4 is 34.9 Å². The van der Waals surface area contributed by atoms with E-state index in [-0.39, 0.29) is 35.1 Å². The molecule has 5 nitrogen and oxygen atoms in total. The first-order valence-electron chi connectivity index (χ1n) is 6.38. The van der Waals surface area contributed by atoms with Crippen LogP contribution in [0.4, 0.5) is 10.1 Å². The molecule has 0 unspecified atom stereocenters. The smallest absolute Gasteiger partial charge is 0.299 e. The Labute approximate surface area is 126 Å².